The zero-order valence-electron chi connectivity index (χ0n) is 14.6. The van der Waals surface area contributed by atoms with Gasteiger partial charge >= 0.3 is 0 Å². The monoisotopic (exact) mass is 369 g/mol. The lowest BCUT2D eigenvalue weighted by atomic mass is 10.1. The summed E-state index contributed by atoms with van der Waals surface area (Å²) in [4.78, 5) is 22.5. The molecule has 0 spiro atoms. The third-order valence-electron chi connectivity index (χ3n) is 4.68. The van der Waals surface area contributed by atoms with E-state index in [1.165, 1.54) is 0 Å². The summed E-state index contributed by atoms with van der Waals surface area (Å²) in [6.07, 6.45) is 4.72. The first-order valence-corrected chi connectivity index (χ1v) is 9.12. The van der Waals surface area contributed by atoms with Crippen LogP contribution in [0.4, 0.5) is 0 Å². The van der Waals surface area contributed by atoms with Crippen molar-refractivity contribution in [2.24, 2.45) is 0 Å². The summed E-state index contributed by atoms with van der Waals surface area (Å²) < 4.78 is 1.92. The van der Waals surface area contributed by atoms with E-state index in [0.29, 0.717) is 17.4 Å². The molecule has 0 saturated carbocycles. The third kappa shape index (κ3) is 3.43. The zero-order chi connectivity index (χ0) is 18.1. The second kappa shape index (κ2) is 7.05. The van der Waals surface area contributed by atoms with Gasteiger partial charge in [0.05, 0.1) is 17.5 Å². The molecule has 0 atom stereocenters. The van der Waals surface area contributed by atoms with Crippen molar-refractivity contribution in [1.82, 2.24) is 24.6 Å². The molecule has 6 nitrogen and oxygen atoms in total. The molecule has 1 aliphatic rings. The van der Waals surface area contributed by atoms with Crippen LogP contribution in [0.25, 0.3) is 11.4 Å². The van der Waals surface area contributed by atoms with E-state index in [4.69, 9.17) is 16.6 Å². The first-order chi connectivity index (χ1) is 12.6. The molecule has 0 unspecified atom stereocenters. The molecule has 1 aliphatic heterocycles. The molecule has 0 amide bonds. The maximum absolute atomic E-state index is 12.6. The summed E-state index contributed by atoms with van der Waals surface area (Å²) in [5.74, 6) is 0.600. The van der Waals surface area contributed by atoms with Gasteiger partial charge in [0.1, 0.15) is 5.82 Å². The first-order valence-electron chi connectivity index (χ1n) is 8.74. The van der Waals surface area contributed by atoms with Gasteiger partial charge in [-0.1, -0.05) is 11.6 Å². The molecular formula is C19H20ClN5O. The summed E-state index contributed by atoms with van der Waals surface area (Å²) in [6.45, 7) is 5.20. The number of hydrogen-bond donors (Lipinski definition) is 1. The summed E-state index contributed by atoms with van der Waals surface area (Å²) >= 11 is 5.94. The number of rotatable bonds is 4. The predicted molar refractivity (Wildman–Crippen MR) is 101 cm³/mol. The summed E-state index contributed by atoms with van der Waals surface area (Å²) in [7, 11) is 0. The van der Waals surface area contributed by atoms with Gasteiger partial charge in [-0.2, -0.15) is 5.10 Å². The van der Waals surface area contributed by atoms with Gasteiger partial charge in [0, 0.05) is 54.9 Å². The lowest BCUT2D eigenvalue weighted by molar-refractivity contribution is 0.242. The van der Waals surface area contributed by atoms with E-state index < -0.39 is 0 Å². The second-order valence-corrected chi connectivity index (χ2v) is 6.95. The van der Waals surface area contributed by atoms with Crippen molar-refractivity contribution in [3.05, 3.63) is 68.9 Å². The molecule has 1 N–H and O–H groups in total. The zero-order valence-corrected chi connectivity index (χ0v) is 15.3. The number of halogens is 1. The summed E-state index contributed by atoms with van der Waals surface area (Å²) in [5.41, 5.74) is 3.62. The van der Waals surface area contributed by atoms with Crippen LogP contribution in [0.5, 0.6) is 0 Å². The number of nitrogens with one attached hydrogen (secondary N) is 1. The highest BCUT2D eigenvalue weighted by Crippen LogP contribution is 2.21. The molecule has 2 aromatic heterocycles. The molecule has 0 aliphatic carbocycles. The minimum atomic E-state index is -0.0612. The first kappa shape index (κ1) is 17.0. The Balaban J connectivity index is 1.56. The largest absolute Gasteiger partial charge is 0.306 e. The van der Waals surface area contributed by atoms with Crippen molar-refractivity contribution in [2.45, 2.75) is 33.0 Å². The van der Waals surface area contributed by atoms with Gasteiger partial charge in [0.2, 0.25) is 0 Å². The van der Waals surface area contributed by atoms with E-state index in [1.807, 2.05) is 23.0 Å². The number of nitrogens with zero attached hydrogens (tertiary/aromatic N) is 4. The van der Waals surface area contributed by atoms with E-state index in [9.17, 15) is 4.79 Å². The van der Waals surface area contributed by atoms with E-state index >= 15 is 0 Å². The van der Waals surface area contributed by atoms with Crippen LogP contribution in [0.3, 0.4) is 0 Å². The van der Waals surface area contributed by atoms with E-state index in [0.717, 1.165) is 48.4 Å². The van der Waals surface area contributed by atoms with Gasteiger partial charge in [0.25, 0.3) is 5.56 Å². The van der Waals surface area contributed by atoms with Crippen molar-refractivity contribution < 1.29 is 0 Å². The maximum atomic E-state index is 12.6. The number of benzene rings is 1. The molecule has 3 heterocycles. The van der Waals surface area contributed by atoms with Gasteiger partial charge < -0.3 is 4.98 Å². The van der Waals surface area contributed by atoms with Crippen LogP contribution in [0, 0.1) is 0 Å². The molecule has 0 fully saturated rings. The molecular weight excluding hydrogens is 350 g/mol. The minimum absolute atomic E-state index is 0.0612. The van der Waals surface area contributed by atoms with Crippen molar-refractivity contribution in [2.75, 3.05) is 6.54 Å². The highest BCUT2D eigenvalue weighted by atomic mass is 35.5. The lowest BCUT2D eigenvalue weighted by Crippen LogP contribution is -2.35. The highest BCUT2D eigenvalue weighted by molar-refractivity contribution is 6.30. The van der Waals surface area contributed by atoms with Crippen molar-refractivity contribution >= 4 is 11.6 Å². The molecule has 0 radical (unpaired) electrons. The fraction of sp³-hybridized carbons (Fsp3) is 0.316. The summed E-state index contributed by atoms with van der Waals surface area (Å²) in [6, 6.07) is 7.34. The van der Waals surface area contributed by atoms with Crippen molar-refractivity contribution in [1.29, 1.82) is 0 Å². The molecule has 3 aromatic rings. The van der Waals surface area contributed by atoms with Crippen LogP contribution in [0.15, 0.2) is 41.5 Å². The highest BCUT2D eigenvalue weighted by Gasteiger charge is 2.22. The third-order valence-corrected chi connectivity index (χ3v) is 4.93. The number of H-pyrrole nitrogens is 1. The Morgan fingerprint density at radius 1 is 1.27 bits per heavy atom. The van der Waals surface area contributed by atoms with Crippen LogP contribution in [-0.4, -0.2) is 31.2 Å². The Labute approximate surface area is 156 Å². The Hall–Kier alpha value is -2.44. The predicted octanol–water partition coefficient (Wildman–Crippen LogP) is 2.87. The molecule has 134 valence electrons. The fourth-order valence-electron chi connectivity index (χ4n) is 3.28. The van der Waals surface area contributed by atoms with Crippen LogP contribution < -0.4 is 5.56 Å². The maximum Gasteiger partial charge on any atom is 0.255 e. The Morgan fingerprint density at radius 3 is 2.81 bits per heavy atom. The average molecular weight is 370 g/mol. The molecule has 1 aromatic carbocycles. The topological polar surface area (TPSA) is 66.8 Å². The van der Waals surface area contributed by atoms with Gasteiger partial charge in [-0.15, -0.1) is 0 Å². The van der Waals surface area contributed by atoms with Crippen LogP contribution in [0.1, 0.15) is 23.7 Å². The second-order valence-electron chi connectivity index (χ2n) is 6.51. The van der Waals surface area contributed by atoms with E-state index in [-0.39, 0.29) is 5.56 Å². The number of aromatic nitrogens is 4. The van der Waals surface area contributed by atoms with E-state index in [2.05, 4.69) is 28.1 Å². The molecule has 0 bridgehead atoms. The van der Waals surface area contributed by atoms with Crippen LogP contribution >= 0.6 is 11.6 Å². The summed E-state index contributed by atoms with van der Waals surface area (Å²) in [5, 5.41) is 4.98. The standard InChI is InChI=1S/C19H20ClN5O/c1-2-25-11-13(9-21-25)10-24-8-7-17-16(12-24)19(26)23-18(22-17)14-3-5-15(20)6-4-14/h3-6,9,11H,2,7-8,10,12H2,1H3,(H,22,23,26). The number of fused-ring (bicyclic) bond motifs is 1. The lowest BCUT2D eigenvalue weighted by Gasteiger charge is -2.27. The number of aryl methyl sites for hydroxylation is 1. The van der Waals surface area contributed by atoms with Crippen molar-refractivity contribution in [3.63, 3.8) is 0 Å². The fourth-order valence-corrected chi connectivity index (χ4v) is 3.41. The van der Waals surface area contributed by atoms with Crippen LogP contribution in [0.2, 0.25) is 5.02 Å². The number of aromatic amines is 1. The van der Waals surface area contributed by atoms with Crippen LogP contribution in [-0.2, 0) is 26.1 Å². The molecule has 0 saturated heterocycles. The van der Waals surface area contributed by atoms with Gasteiger partial charge in [-0.3, -0.25) is 14.4 Å². The SMILES string of the molecule is CCn1cc(CN2CCc3nc(-c4ccc(Cl)cc4)[nH]c(=O)c3C2)cn1. The van der Waals surface area contributed by atoms with Gasteiger partial charge in [-0.05, 0) is 31.2 Å². The smallest absolute Gasteiger partial charge is 0.255 e. The quantitative estimate of drug-likeness (QED) is 0.768. The number of hydrogen-bond acceptors (Lipinski definition) is 4. The minimum Gasteiger partial charge on any atom is -0.306 e. The van der Waals surface area contributed by atoms with Crippen molar-refractivity contribution in [3.8, 4) is 11.4 Å². The Morgan fingerprint density at radius 2 is 2.08 bits per heavy atom. The molecule has 7 heteroatoms. The van der Waals surface area contributed by atoms with E-state index in [1.54, 1.807) is 12.1 Å². The Kier molecular flexibility index (Phi) is 4.61. The van der Waals surface area contributed by atoms with Gasteiger partial charge in [0.15, 0.2) is 0 Å². The molecule has 4 rings (SSSR count). The Bertz CT molecular complexity index is 976. The normalized spacial score (nSPS) is 14.4. The molecule has 26 heavy (non-hydrogen) atoms. The average Bonchev–Trinajstić information content (AvgIpc) is 3.10. The van der Waals surface area contributed by atoms with Gasteiger partial charge in [-0.25, -0.2) is 4.98 Å².